The van der Waals surface area contributed by atoms with E-state index < -0.39 is 0 Å². The van der Waals surface area contributed by atoms with Gasteiger partial charge in [-0.25, -0.2) is 4.98 Å². The molecule has 2 aromatic carbocycles. The molecule has 4 heteroatoms. The Bertz CT molecular complexity index is 1050. The first-order valence-corrected chi connectivity index (χ1v) is 8.14. The third kappa shape index (κ3) is 2.04. The van der Waals surface area contributed by atoms with Gasteiger partial charge in [-0.1, -0.05) is 43.3 Å². The molecule has 1 N–H and O–H groups in total. The van der Waals surface area contributed by atoms with Gasteiger partial charge < -0.3 is 4.98 Å². The van der Waals surface area contributed by atoms with E-state index in [1.54, 1.807) is 0 Å². The Kier molecular flexibility index (Phi) is 3.05. The van der Waals surface area contributed by atoms with Crippen molar-refractivity contribution in [1.29, 1.82) is 0 Å². The minimum atomic E-state index is -0.0498. The second kappa shape index (κ2) is 5.07. The monoisotopic (exact) mass is 306 g/mol. The summed E-state index contributed by atoms with van der Waals surface area (Å²) >= 11 is 1.53. The first kappa shape index (κ1) is 13.2. The maximum absolute atomic E-state index is 12.4. The molecule has 0 saturated carbocycles. The summed E-state index contributed by atoms with van der Waals surface area (Å²) in [5, 5.41) is 5.09. The van der Waals surface area contributed by atoms with Crippen LogP contribution in [0.2, 0.25) is 0 Å². The molecule has 0 aliphatic carbocycles. The number of aromatic amines is 1. The van der Waals surface area contributed by atoms with Crippen molar-refractivity contribution < 1.29 is 0 Å². The van der Waals surface area contributed by atoms with Crippen molar-refractivity contribution in [2.24, 2.45) is 0 Å². The summed E-state index contributed by atoms with van der Waals surface area (Å²) in [4.78, 5) is 20.6. The highest BCUT2D eigenvalue weighted by atomic mass is 32.1. The van der Waals surface area contributed by atoms with E-state index in [1.807, 2.05) is 24.4 Å². The van der Waals surface area contributed by atoms with Gasteiger partial charge in [0.05, 0.1) is 5.39 Å². The van der Waals surface area contributed by atoms with Crippen molar-refractivity contribution in [3.05, 3.63) is 64.0 Å². The zero-order valence-electron chi connectivity index (χ0n) is 12.1. The van der Waals surface area contributed by atoms with Crippen molar-refractivity contribution in [3.63, 3.8) is 0 Å². The van der Waals surface area contributed by atoms with Gasteiger partial charge in [0, 0.05) is 17.4 Å². The number of thiophene rings is 1. The SMILES string of the molecule is CCc1nc2scc(-c3ccc4ccccc4c3)c2c(=O)[nH]1. The van der Waals surface area contributed by atoms with E-state index in [0.717, 1.165) is 28.2 Å². The molecule has 3 nitrogen and oxygen atoms in total. The third-order valence-corrected chi connectivity index (χ3v) is 4.76. The molecule has 4 aromatic rings. The normalized spacial score (nSPS) is 11.3. The molecule has 2 aromatic heterocycles. The van der Waals surface area contributed by atoms with Gasteiger partial charge in [-0.3, -0.25) is 4.79 Å². The number of hydrogen-bond acceptors (Lipinski definition) is 3. The predicted octanol–water partition coefficient (Wildman–Crippen LogP) is 4.37. The van der Waals surface area contributed by atoms with E-state index in [0.29, 0.717) is 5.39 Å². The van der Waals surface area contributed by atoms with Crippen LogP contribution in [-0.2, 0) is 6.42 Å². The average molecular weight is 306 g/mol. The Labute approximate surface area is 131 Å². The minimum absolute atomic E-state index is 0.0498. The highest BCUT2D eigenvalue weighted by Gasteiger charge is 2.12. The molecule has 108 valence electrons. The van der Waals surface area contributed by atoms with Crippen LogP contribution in [0.5, 0.6) is 0 Å². The van der Waals surface area contributed by atoms with Crippen LogP contribution in [0.4, 0.5) is 0 Å². The van der Waals surface area contributed by atoms with Crippen molar-refractivity contribution in [2.75, 3.05) is 0 Å². The van der Waals surface area contributed by atoms with E-state index in [1.165, 1.54) is 22.1 Å². The molecule has 0 atom stereocenters. The molecule has 0 unspecified atom stereocenters. The largest absolute Gasteiger partial charge is 0.310 e. The molecule has 0 radical (unpaired) electrons. The van der Waals surface area contributed by atoms with Crippen molar-refractivity contribution in [1.82, 2.24) is 9.97 Å². The van der Waals surface area contributed by atoms with Crippen LogP contribution < -0.4 is 5.56 Å². The lowest BCUT2D eigenvalue weighted by atomic mass is 10.0. The summed E-state index contributed by atoms with van der Waals surface area (Å²) in [5.74, 6) is 0.740. The Morgan fingerprint density at radius 3 is 2.77 bits per heavy atom. The van der Waals surface area contributed by atoms with Crippen molar-refractivity contribution in [3.8, 4) is 11.1 Å². The van der Waals surface area contributed by atoms with Crippen molar-refractivity contribution >= 4 is 32.3 Å². The Hall–Kier alpha value is -2.46. The maximum atomic E-state index is 12.4. The number of aromatic nitrogens is 2. The smallest absolute Gasteiger partial charge is 0.260 e. The first-order chi connectivity index (χ1) is 10.8. The van der Waals surface area contributed by atoms with E-state index in [4.69, 9.17) is 0 Å². The Morgan fingerprint density at radius 1 is 1.14 bits per heavy atom. The van der Waals surface area contributed by atoms with E-state index in [9.17, 15) is 4.79 Å². The molecule has 2 heterocycles. The summed E-state index contributed by atoms with van der Waals surface area (Å²) in [6.45, 7) is 1.99. The average Bonchev–Trinajstić information content (AvgIpc) is 2.98. The molecule has 0 bridgehead atoms. The zero-order valence-corrected chi connectivity index (χ0v) is 12.9. The first-order valence-electron chi connectivity index (χ1n) is 7.26. The quantitative estimate of drug-likeness (QED) is 0.598. The summed E-state index contributed by atoms with van der Waals surface area (Å²) in [6.07, 6.45) is 0.731. The maximum Gasteiger partial charge on any atom is 0.260 e. The lowest BCUT2D eigenvalue weighted by Gasteiger charge is -2.03. The molecule has 22 heavy (non-hydrogen) atoms. The minimum Gasteiger partial charge on any atom is -0.310 e. The van der Waals surface area contributed by atoms with Crippen LogP contribution in [0.25, 0.3) is 32.1 Å². The van der Waals surface area contributed by atoms with Crippen LogP contribution in [0.15, 0.2) is 52.6 Å². The fourth-order valence-electron chi connectivity index (χ4n) is 2.73. The summed E-state index contributed by atoms with van der Waals surface area (Å²) in [7, 11) is 0. The number of H-pyrrole nitrogens is 1. The molecule has 0 spiro atoms. The lowest BCUT2D eigenvalue weighted by Crippen LogP contribution is -2.10. The van der Waals surface area contributed by atoms with Gasteiger partial charge in [0.25, 0.3) is 5.56 Å². The summed E-state index contributed by atoms with van der Waals surface area (Å²) in [5.41, 5.74) is 1.97. The van der Waals surface area contributed by atoms with Gasteiger partial charge in [0.2, 0.25) is 0 Å². The summed E-state index contributed by atoms with van der Waals surface area (Å²) < 4.78 is 0. The van der Waals surface area contributed by atoms with Crippen molar-refractivity contribution in [2.45, 2.75) is 13.3 Å². The van der Waals surface area contributed by atoms with Crippen LogP contribution in [-0.4, -0.2) is 9.97 Å². The van der Waals surface area contributed by atoms with Gasteiger partial charge in [0.1, 0.15) is 10.7 Å². The van der Waals surface area contributed by atoms with Crippen LogP contribution in [0, 0.1) is 0 Å². The topological polar surface area (TPSA) is 45.8 Å². The molecule has 0 amide bonds. The standard InChI is InChI=1S/C18H14N2OS/c1-2-15-19-17(21)16-14(10-22-18(16)20-15)13-8-7-11-5-3-4-6-12(11)9-13/h3-10H,2H2,1H3,(H,19,20,21). The van der Waals surface area contributed by atoms with E-state index in [-0.39, 0.29) is 5.56 Å². The number of rotatable bonds is 2. The number of nitrogens with zero attached hydrogens (tertiary/aromatic N) is 1. The van der Waals surface area contributed by atoms with Crippen LogP contribution in [0.3, 0.4) is 0 Å². The molecular formula is C18H14N2OS. The fourth-order valence-corrected chi connectivity index (χ4v) is 3.70. The fraction of sp³-hybridized carbons (Fsp3) is 0.111. The van der Waals surface area contributed by atoms with Gasteiger partial charge in [-0.2, -0.15) is 0 Å². The molecular weight excluding hydrogens is 292 g/mol. The van der Waals surface area contributed by atoms with Crippen LogP contribution in [0.1, 0.15) is 12.7 Å². The summed E-state index contributed by atoms with van der Waals surface area (Å²) in [6, 6.07) is 14.5. The second-order valence-electron chi connectivity index (χ2n) is 5.26. The number of aryl methyl sites for hydroxylation is 1. The molecule has 0 saturated heterocycles. The molecule has 0 fully saturated rings. The Morgan fingerprint density at radius 2 is 1.95 bits per heavy atom. The van der Waals surface area contributed by atoms with E-state index in [2.05, 4.69) is 40.3 Å². The number of fused-ring (bicyclic) bond motifs is 2. The third-order valence-electron chi connectivity index (χ3n) is 3.89. The van der Waals surface area contributed by atoms with Gasteiger partial charge in [0.15, 0.2) is 0 Å². The lowest BCUT2D eigenvalue weighted by molar-refractivity contribution is 0.948. The molecule has 4 rings (SSSR count). The predicted molar refractivity (Wildman–Crippen MR) is 92.6 cm³/mol. The number of benzene rings is 2. The molecule has 0 aliphatic heterocycles. The highest BCUT2D eigenvalue weighted by molar-refractivity contribution is 7.17. The van der Waals surface area contributed by atoms with Gasteiger partial charge >= 0.3 is 0 Å². The number of nitrogens with one attached hydrogen (secondary N) is 1. The molecule has 0 aliphatic rings. The zero-order chi connectivity index (χ0) is 15.1. The Balaban J connectivity index is 1.98. The number of hydrogen-bond donors (Lipinski definition) is 1. The van der Waals surface area contributed by atoms with E-state index >= 15 is 0 Å². The van der Waals surface area contributed by atoms with Crippen LogP contribution >= 0.6 is 11.3 Å². The second-order valence-corrected chi connectivity index (χ2v) is 6.12. The highest BCUT2D eigenvalue weighted by Crippen LogP contribution is 2.32. The van der Waals surface area contributed by atoms with Gasteiger partial charge in [-0.05, 0) is 22.4 Å². The van der Waals surface area contributed by atoms with Gasteiger partial charge in [-0.15, -0.1) is 11.3 Å².